The van der Waals surface area contributed by atoms with Crippen LogP contribution in [0.15, 0.2) is 48.5 Å². The van der Waals surface area contributed by atoms with Gasteiger partial charge in [0, 0.05) is 12.3 Å². The molecular weight excluding hydrogens is 446 g/mol. The number of hydrogen-bond acceptors (Lipinski definition) is 4. The van der Waals surface area contributed by atoms with Crippen molar-refractivity contribution in [1.82, 2.24) is 10.6 Å². The van der Waals surface area contributed by atoms with Gasteiger partial charge in [0.05, 0.1) is 0 Å². The van der Waals surface area contributed by atoms with Crippen molar-refractivity contribution in [2.45, 2.75) is 51.1 Å². The lowest BCUT2D eigenvalue weighted by molar-refractivity contribution is -0.143. The van der Waals surface area contributed by atoms with E-state index in [1.165, 1.54) is 0 Å². The van der Waals surface area contributed by atoms with E-state index in [-0.39, 0.29) is 18.4 Å². The highest BCUT2D eigenvalue weighted by atomic mass is 19.3. The van der Waals surface area contributed by atoms with Gasteiger partial charge >= 0.3 is 12.1 Å². The molecule has 0 spiro atoms. The number of carboxylic acid groups (broad SMARTS) is 1. The van der Waals surface area contributed by atoms with Gasteiger partial charge in [-0.1, -0.05) is 68.8 Å². The molecule has 2 amide bonds. The summed E-state index contributed by atoms with van der Waals surface area (Å²) >= 11 is 0. The van der Waals surface area contributed by atoms with Gasteiger partial charge in [-0.3, -0.25) is 4.79 Å². The number of benzene rings is 2. The van der Waals surface area contributed by atoms with Crippen molar-refractivity contribution in [3.63, 3.8) is 0 Å². The molecule has 0 aliphatic heterocycles. The summed E-state index contributed by atoms with van der Waals surface area (Å²) in [6.07, 6.45) is -4.30. The highest BCUT2D eigenvalue weighted by Gasteiger charge is 2.33. The quantitative estimate of drug-likeness (QED) is 0.480. The molecule has 0 fully saturated rings. The maximum atomic E-state index is 12.7. The zero-order valence-electron chi connectivity index (χ0n) is 19.0. The fourth-order valence-corrected chi connectivity index (χ4v) is 4.13. The van der Waals surface area contributed by atoms with E-state index < -0.39 is 42.9 Å². The Morgan fingerprint density at radius 3 is 2.06 bits per heavy atom. The number of aliphatic carboxylic acids is 1. The molecule has 2 aromatic carbocycles. The van der Waals surface area contributed by atoms with E-state index in [4.69, 9.17) is 9.84 Å². The summed E-state index contributed by atoms with van der Waals surface area (Å²) < 4.78 is 30.8. The minimum Gasteiger partial charge on any atom is -0.480 e. The van der Waals surface area contributed by atoms with Gasteiger partial charge in [-0.05, 0) is 28.2 Å². The normalized spacial score (nSPS) is 15.1. The van der Waals surface area contributed by atoms with Crippen molar-refractivity contribution >= 4 is 18.0 Å². The molecule has 0 saturated heterocycles. The molecule has 0 saturated carbocycles. The van der Waals surface area contributed by atoms with Gasteiger partial charge in [0.2, 0.25) is 12.3 Å². The number of ether oxygens (including phenoxy) is 1. The zero-order valence-corrected chi connectivity index (χ0v) is 19.0. The first-order valence-corrected chi connectivity index (χ1v) is 11.2. The molecule has 3 rings (SSSR count). The predicted molar refractivity (Wildman–Crippen MR) is 122 cm³/mol. The molecular formula is C25H28F2N2O5. The number of hydrogen-bond donors (Lipinski definition) is 3. The number of alkyl carbamates (subject to hydrolysis) is 1. The molecule has 0 aromatic heterocycles. The summed E-state index contributed by atoms with van der Waals surface area (Å²) in [7, 11) is 0. The lowest BCUT2D eigenvalue weighted by Gasteiger charge is -2.25. The Labute approximate surface area is 196 Å². The standard InChI is InChI=1S/C25H28F2N2O5/c1-3-14(2)22(23(30)28-20(24(31)32)12-21(26)27)29-25(33)34-13-19-17-10-6-4-8-15(17)16-9-5-7-11-18(16)19/h4-11,14,19-22H,3,12-13H2,1-2H3,(H,28,30)(H,29,33)(H,31,32)/t14-,20?,22-/m0/s1. The molecule has 0 bridgehead atoms. The van der Waals surface area contributed by atoms with Crippen LogP contribution in [0.2, 0.25) is 0 Å². The third-order valence-corrected chi connectivity index (χ3v) is 6.14. The molecule has 9 heteroatoms. The summed E-state index contributed by atoms with van der Waals surface area (Å²) in [5.74, 6) is -2.98. The van der Waals surface area contributed by atoms with Crippen LogP contribution < -0.4 is 10.6 Å². The molecule has 1 aliphatic rings. The Kier molecular flexibility index (Phi) is 8.20. The van der Waals surface area contributed by atoms with E-state index in [9.17, 15) is 23.2 Å². The minimum atomic E-state index is -2.90. The number of nitrogens with one attached hydrogen (secondary N) is 2. The van der Waals surface area contributed by atoms with E-state index in [2.05, 4.69) is 10.6 Å². The van der Waals surface area contributed by atoms with E-state index in [1.54, 1.807) is 13.8 Å². The summed E-state index contributed by atoms with van der Waals surface area (Å²) in [4.78, 5) is 36.5. The highest BCUT2D eigenvalue weighted by molar-refractivity contribution is 5.89. The summed E-state index contributed by atoms with van der Waals surface area (Å²) in [6.45, 7) is 3.52. The van der Waals surface area contributed by atoms with Gasteiger partial charge in [0.15, 0.2) is 0 Å². The van der Waals surface area contributed by atoms with Crippen molar-refractivity contribution in [3.05, 3.63) is 59.7 Å². The van der Waals surface area contributed by atoms with E-state index in [0.29, 0.717) is 6.42 Å². The Hall–Kier alpha value is -3.49. The monoisotopic (exact) mass is 474 g/mol. The SMILES string of the molecule is CC[C@H](C)[C@H](NC(=O)OCC1c2ccccc2-c2ccccc21)C(=O)NC(CC(F)F)C(=O)O. The van der Waals surface area contributed by atoms with Gasteiger partial charge in [0.25, 0.3) is 0 Å². The number of rotatable bonds is 10. The second-order valence-electron chi connectivity index (χ2n) is 8.36. The van der Waals surface area contributed by atoms with Gasteiger partial charge < -0.3 is 20.5 Å². The van der Waals surface area contributed by atoms with Crippen molar-refractivity contribution in [2.24, 2.45) is 5.92 Å². The van der Waals surface area contributed by atoms with Crippen LogP contribution in [0.4, 0.5) is 13.6 Å². The fourth-order valence-electron chi connectivity index (χ4n) is 4.13. The van der Waals surface area contributed by atoms with Crippen molar-refractivity contribution < 1.29 is 33.0 Å². The summed E-state index contributed by atoms with van der Waals surface area (Å²) in [5.41, 5.74) is 4.21. The Balaban J connectivity index is 1.68. The molecule has 1 unspecified atom stereocenters. The first-order valence-electron chi connectivity index (χ1n) is 11.2. The zero-order chi connectivity index (χ0) is 24.8. The van der Waals surface area contributed by atoms with Crippen LogP contribution in [0.5, 0.6) is 0 Å². The molecule has 3 atom stereocenters. The molecule has 0 heterocycles. The van der Waals surface area contributed by atoms with Crippen LogP contribution in [0.1, 0.15) is 43.7 Å². The lowest BCUT2D eigenvalue weighted by Crippen LogP contribution is -2.54. The number of amides is 2. The minimum absolute atomic E-state index is 0.0395. The van der Waals surface area contributed by atoms with E-state index in [0.717, 1.165) is 22.3 Å². The van der Waals surface area contributed by atoms with Crippen LogP contribution in [-0.4, -0.2) is 48.2 Å². The summed E-state index contributed by atoms with van der Waals surface area (Å²) in [5, 5.41) is 13.7. The number of carbonyl (C=O) groups is 3. The predicted octanol–water partition coefficient (Wildman–Crippen LogP) is 4.16. The van der Waals surface area contributed by atoms with Crippen LogP contribution in [0, 0.1) is 5.92 Å². The molecule has 0 radical (unpaired) electrons. The van der Waals surface area contributed by atoms with Gasteiger partial charge in [-0.25, -0.2) is 18.4 Å². The van der Waals surface area contributed by atoms with Crippen LogP contribution >= 0.6 is 0 Å². The van der Waals surface area contributed by atoms with E-state index in [1.807, 2.05) is 48.5 Å². The number of alkyl halides is 2. The smallest absolute Gasteiger partial charge is 0.407 e. The van der Waals surface area contributed by atoms with Gasteiger partial charge in [-0.15, -0.1) is 0 Å². The van der Waals surface area contributed by atoms with E-state index >= 15 is 0 Å². The van der Waals surface area contributed by atoms with Crippen LogP contribution in [0.25, 0.3) is 11.1 Å². The van der Waals surface area contributed by atoms with Crippen LogP contribution in [0.3, 0.4) is 0 Å². The molecule has 7 nitrogen and oxygen atoms in total. The maximum Gasteiger partial charge on any atom is 0.407 e. The molecule has 182 valence electrons. The Morgan fingerprint density at radius 2 is 1.56 bits per heavy atom. The number of carboxylic acids is 1. The number of fused-ring (bicyclic) bond motifs is 3. The maximum absolute atomic E-state index is 12.7. The summed E-state index contributed by atoms with van der Waals surface area (Å²) in [6, 6.07) is 12.8. The number of carbonyl (C=O) groups excluding carboxylic acids is 2. The Morgan fingerprint density at radius 1 is 1.00 bits per heavy atom. The lowest BCUT2D eigenvalue weighted by atomic mass is 9.97. The first-order chi connectivity index (χ1) is 16.2. The molecule has 2 aromatic rings. The first kappa shape index (κ1) is 25.1. The largest absolute Gasteiger partial charge is 0.480 e. The van der Waals surface area contributed by atoms with Gasteiger partial charge in [-0.2, -0.15) is 0 Å². The topological polar surface area (TPSA) is 105 Å². The molecule has 34 heavy (non-hydrogen) atoms. The van der Waals surface area contributed by atoms with Crippen molar-refractivity contribution in [1.29, 1.82) is 0 Å². The molecule has 3 N–H and O–H groups in total. The van der Waals surface area contributed by atoms with Crippen molar-refractivity contribution in [2.75, 3.05) is 6.61 Å². The number of halogens is 2. The third kappa shape index (κ3) is 5.70. The highest BCUT2D eigenvalue weighted by Crippen LogP contribution is 2.44. The third-order valence-electron chi connectivity index (χ3n) is 6.14. The van der Waals surface area contributed by atoms with Crippen molar-refractivity contribution in [3.8, 4) is 11.1 Å². The molecule has 1 aliphatic carbocycles. The van der Waals surface area contributed by atoms with Gasteiger partial charge in [0.1, 0.15) is 18.7 Å². The fraction of sp³-hybridized carbons (Fsp3) is 0.400. The Bertz CT molecular complexity index is 1000. The average molecular weight is 475 g/mol. The second-order valence-corrected chi connectivity index (χ2v) is 8.36. The van der Waals surface area contributed by atoms with Crippen LogP contribution in [-0.2, 0) is 14.3 Å². The second kappa shape index (κ2) is 11.1. The average Bonchev–Trinajstić information content (AvgIpc) is 3.13.